The van der Waals surface area contributed by atoms with Crippen LogP contribution in [0.5, 0.6) is 0 Å². The summed E-state index contributed by atoms with van der Waals surface area (Å²) in [5, 5.41) is 2.90. The summed E-state index contributed by atoms with van der Waals surface area (Å²) in [5.41, 5.74) is 0. The maximum Gasteiger partial charge on any atom is 0.0347 e. The summed E-state index contributed by atoms with van der Waals surface area (Å²) in [6, 6.07) is 0. The zero-order valence-corrected chi connectivity index (χ0v) is 3.51. The highest BCUT2D eigenvalue weighted by Gasteiger charge is 1.83. The van der Waals surface area contributed by atoms with Crippen molar-refractivity contribution in [3.05, 3.63) is 11.5 Å². The molecule has 2 heteroatoms. The fourth-order valence-corrected chi connectivity index (χ4v) is 0.625. The lowest BCUT2D eigenvalue weighted by Crippen LogP contribution is -1.92. The lowest BCUT2D eigenvalue weighted by Gasteiger charge is -1.75. The van der Waals surface area contributed by atoms with E-state index in [-0.39, 0.29) is 0 Å². The van der Waals surface area contributed by atoms with Gasteiger partial charge in [0.2, 0.25) is 0 Å². The first-order valence-corrected chi connectivity index (χ1v) is 2.28. The first kappa shape index (κ1) is 3.25. The molecule has 0 bridgehead atoms. The summed E-state index contributed by atoms with van der Waals surface area (Å²) in [6.45, 7) is 0.977. The molecule has 0 spiro atoms. The van der Waals surface area contributed by atoms with Gasteiger partial charge in [0.1, 0.15) is 0 Å². The van der Waals surface area contributed by atoms with Crippen LogP contribution in [0, 0.1) is 5.41 Å². The predicted octanol–water partition coefficient (Wildman–Crippen LogP) is 0.555. The average Bonchev–Trinajstić information content (AvgIpc) is 1.76. The molecule has 0 aromatic rings. The van der Waals surface area contributed by atoms with E-state index in [1.54, 1.807) is 0 Å². The van der Waals surface area contributed by atoms with Crippen LogP contribution >= 0.6 is 11.9 Å². The van der Waals surface area contributed by atoms with Crippen molar-refractivity contribution >= 4 is 11.9 Å². The third-order valence-electron chi connectivity index (χ3n) is 0.400. The van der Waals surface area contributed by atoms with Gasteiger partial charge in [-0.1, -0.05) is 6.08 Å². The SMILES string of the molecule is [C]1=CCNS1. The monoisotopic (exact) mass is 86.0 g/mol. The molecule has 1 aliphatic rings. The Morgan fingerprint density at radius 2 is 3.00 bits per heavy atom. The van der Waals surface area contributed by atoms with Crippen molar-refractivity contribution in [2.75, 3.05) is 6.54 Å². The Hall–Kier alpha value is 0.0500. The molecule has 1 radical (unpaired) electrons. The molecule has 0 aliphatic carbocycles. The van der Waals surface area contributed by atoms with Crippen LogP contribution in [0.1, 0.15) is 0 Å². The lowest BCUT2D eigenvalue weighted by atomic mass is 10.7. The van der Waals surface area contributed by atoms with Gasteiger partial charge in [-0.25, -0.2) is 0 Å². The quantitative estimate of drug-likeness (QED) is 0.432. The van der Waals surface area contributed by atoms with Crippen molar-refractivity contribution in [3.63, 3.8) is 0 Å². The van der Waals surface area contributed by atoms with Gasteiger partial charge < -0.3 is 0 Å². The smallest absolute Gasteiger partial charge is 0.0347 e. The number of nitrogens with one attached hydrogen (secondary N) is 1. The molecule has 1 heterocycles. The molecule has 5 heavy (non-hydrogen) atoms. The van der Waals surface area contributed by atoms with Crippen molar-refractivity contribution in [3.8, 4) is 0 Å². The van der Waals surface area contributed by atoms with E-state index in [4.69, 9.17) is 0 Å². The minimum atomic E-state index is 0.977. The first-order valence-electron chi connectivity index (χ1n) is 1.46. The normalized spacial score (nSPS) is 20.8. The molecule has 1 nitrogen and oxygen atoms in total. The van der Waals surface area contributed by atoms with Crippen LogP contribution in [-0.4, -0.2) is 6.54 Å². The highest BCUT2D eigenvalue weighted by Crippen LogP contribution is 1.97. The van der Waals surface area contributed by atoms with E-state index in [0.29, 0.717) is 0 Å². The van der Waals surface area contributed by atoms with Crippen molar-refractivity contribution in [1.29, 1.82) is 0 Å². The van der Waals surface area contributed by atoms with E-state index in [1.165, 1.54) is 11.9 Å². The summed E-state index contributed by atoms with van der Waals surface area (Å²) in [7, 11) is 0. The Bertz CT molecular complexity index is 44.9. The molecule has 1 aliphatic heterocycles. The van der Waals surface area contributed by atoms with Gasteiger partial charge in [-0.15, -0.1) is 0 Å². The Labute approximate surface area is 35.6 Å². The zero-order valence-electron chi connectivity index (χ0n) is 2.69. The van der Waals surface area contributed by atoms with E-state index in [0.717, 1.165) is 6.54 Å². The summed E-state index contributed by atoms with van der Waals surface area (Å²) >= 11 is 1.52. The molecule has 27 valence electrons. The molecular weight excluding hydrogens is 82.1 g/mol. The molecule has 0 fully saturated rings. The standard InChI is InChI=1S/C3H4NS/c1-2-4-5-3-1/h1,4H,2H2. The van der Waals surface area contributed by atoms with Gasteiger partial charge in [0.05, 0.1) is 0 Å². The van der Waals surface area contributed by atoms with E-state index in [9.17, 15) is 0 Å². The van der Waals surface area contributed by atoms with Gasteiger partial charge in [0.25, 0.3) is 0 Å². The van der Waals surface area contributed by atoms with Crippen LogP contribution < -0.4 is 4.72 Å². The second-order valence-electron chi connectivity index (χ2n) is 0.772. The van der Waals surface area contributed by atoms with Crippen LogP contribution in [0.25, 0.3) is 0 Å². The van der Waals surface area contributed by atoms with E-state index < -0.39 is 0 Å². The second-order valence-corrected chi connectivity index (χ2v) is 1.50. The van der Waals surface area contributed by atoms with Crippen molar-refractivity contribution in [1.82, 2.24) is 4.72 Å². The number of hydrogen-bond donors (Lipinski definition) is 1. The topological polar surface area (TPSA) is 12.0 Å². The maximum atomic E-state index is 2.97. The summed E-state index contributed by atoms with van der Waals surface area (Å²) in [4.78, 5) is 0. The van der Waals surface area contributed by atoms with Gasteiger partial charge in [-0.2, -0.15) is 0 Å². The average molecular weight is 86.1 g/mol. The van der Waals surface area contributed by atoms with Crippen LogP contribution in [0.15, 0.2) is 6.08 Å². The largest absolute Gasteiger partial charge is 0.256 e. The maximum absolute atomic E-state index is 2.97. The van der Waals surface area contributed by atoms with Crippen molar-refractivity contribution in [2.45, 2.75) is 0 Å². The molecule has 0 atom stereocenters. The first-order chi connectivity index (χ1) is 2.50. The zero-order chi connectivity index (χ0) is 3.54. The Morgan fingerprint density at radius 3 is 3.20 bits per heavy atom. The van der Waals surface area contributed by atoms with Crippen LogP contribution in [0.2, 0.25) is 0 Å². The van der Waals surface area contributed by atoms with Gasteiger partial charge in [0.15, 0.2) is 0 Å². The second kappa shape index (κ2) is 1.48. The molecule has 1 rings (SSSR count). The lowest BCUT2D eigenvalue weighted by molar-refractivity contribution is 1.16. The fourth-order valence-electron chi connectivity index (χ4n) is 0.208. The molecule has 0 aromatic carbocycles. The van der Waals surface area contributed by atoms with Crippen molar-refractivity contribution < 1.29 is 0 Å². The third kappa shape index (κ3) is 0.667. The highest BCUT2D eigenvalue weighted by atomic mass is 32.2. The summed E-state index contributed by atoms with van der Waals surface area (Å²) < 4.78 is 2.97. The number of rotatable bonds is 0. The molecule has 0 saturated carbocycles. The van der Waals surface area contributed by atoms with Gasteiger partial charge in [0, 0.05) is 12.0 Å². The predicted molar refractivity (Wildman–Crippen MR) is 23.4 cm³/mol. The molecule has 1 N–H and O–H groups in total. The fraction of sp³-hybridized carbons (Fsp3) is 0.333. The van der Waals surface area contributed by atoms with Gasteiger partial charge in [-0.3, -0.25) is 4.72 Å². The van der Waals surface area contributed by atoms with E-state index in [2.05, 4.69) is 10.1 Å². The Balaban J connectivity index is 2.32. The molecule has 0 aromatic heterocycles. The molecule has 0 unspecified atom stereocenters. The summed E-state index contributed by atoms with van der Waals surface area (Å²) in [5.74, 6) is 0. The minimum Gasteiger partial charge on any atom is -0.256 e. The third-order valence-corrected chi connectivity index (χ3v) is 0.995. The van der Waals surface area contributed by atoms with Crippen LogP contribution in [0.3, 0.4) is 0 Å². The molecule has 0 amide bonds. The van der Waals surface area contributed by atoms with Crippen LogP contribution in [0.4, 0.5) is 0 Å². The molecular formula is C3H4NS. The number of hydrogen-bond acceptors (Lipinski definition) is 2. The van der Waals surface area contributed by atoms with Gasteiger partial charge in [-0.05, 0) is 11.9 Å². The van der Waals surface area contributed by atoms with E-state index >= 15 is 0 Å². The Kier molecular flexibility index (Phi) is 0.960. The van der Waals surface area contributed by atoms with E-state index in [1.807, 2.05) is 6.08 Å². The minimum absolute atomic E-state index is 0.977. The summed E-state index contributed by atoms with van der Waals surface area (Å²) in [6.07, 6.45) is 1.96. The Morgan fingerprint density at radius 1 is 2.00 bits per heavy atom. The molecule has 0 saturated heterocycles. The van der Waals surface area contributed by atoms with Gasteiger partial charge >= 0.3 is 0 Å². The van der Waals surface area contributed by atoms with Crippen LogP contribution in [-0.2, 0) is 0 Å². The highest BCUT2D eigenvalue weighted by molar-refractivity contribution is 7.99. The van der Waals surface area contributed by atoms with Crippen molar-refractivity contribution in [2.24, 2.45) is 0 Å².